The lowest BCUT2D eigenvalue weighted by Gasteiger charge is -2.27. The number of thiophene rings is 1. The van der Waals surface area contributed by atoms with Crippen LogP contribution in [0.1, 0.15) is 0 Å². The lowest BCUT2D eigenvalue weighted by Crippen LogP contribution is -2.10. The van der Waals surface area contributed by atoms with E-state index in [1.165, 1.54) is 42.4 Å². The third-order valence-corrected chi connectivity index (χ3v) is 10.6. The molecule has 0 spiro atoms. The Kier molecular flexibility index (Phi) is 8.09. The Labute approximate surface area is 302 Å². The minimum atomic E-state index is 1.13. The molecular weight excluding hydrogens is 637 g/mol. The van der Waals surface area contributed by atoms with E-state index in [-0.39, 0.29) is 0 Å². The number of para-hydroxylation sites is 4. The van der Waals surface area contributed by atoms with Crippen molar-refractivity contribution >= 4 is 66.3 Å². The molecule has 0 bridgehead atoms. The van der Waals surface area contributed by atoms with Crippen molar-refractivity contribution in [3.8, 4) is 21.6 Å². The first-order valence-corrected chi connectivity index (χ1v) is 18.1. The summed E-state index contributed by atoms with van der Waals surface area (Å²) in [6.45, 7) is 0. The largest absolute Gasteiger partial charge is 0.310 e. The van der Waals surface area contributed by atoms with Gasteiger partial charge in [0.2, 0.25) is 0 Å². The van der Waals surface area contributed by atoms with E-state index in [0.29, 0.717) is 0 Å². The van der Waals surface area contributed by atoms with Crippen LogP contribution in [0.3, 0.4) is 0 Å². The highest BCUT2D eigenvalue weighted by molar-refractivity contribution is 7.23. The van der Waals surface area contributed by atoms with Crippen LogP contribution in [0.25, 0.3) is 42.4 Å². The zero-order valence-electron chi connectivity index (χ0n) is 27.9. The maximum Gasteiger partial charge on any atom is 0.0540 e. The summed E-state index contributed by atoms with van der Waals surface area (Å²) in [5.41, 5.74) is 10.5. The van der Waals surface area contributed by atoms with Gasteiger partial charge < -0.3 is 9.80 Å². The van der Waals surface area contributed by atoms with Crippen molar-refractivity contribution in [2.75, 3.05) is 9.80 Å². The van der Waals surface area contributed by atoms with Crippen molar-refractivity contribution in [1.29, 1.82) is 0 Å². The molecule has 8 aromatic carbocycles. The van der Waals surface area contributed by atoms with Crippen molar-refractivity contribution in [2.45, 2.75) is 0 Å². The van der Waals surface area contributed by atoms with Crippen LogP contribution in [-0.4, -0.2) is 0 Å². The van der Waals surface area contributed by atoms with E-state index in [9.17, 15) is 0 Å². The maximum atomic E-state index is 2.36. The molecule has 0 fully saturated rings. The molecule has 0 amide bonds. The van der Waals surface area contributed by atoms with E-state index in [1.807, 2.05) is 11.3 Å². The van der Waals surface area contributed by atoms with Gasteiger partial charge in [0.15, 0.2) is 0 Å². The second kappa shape index (κ2) is 13.5. The standard InChI is InChI=1S/C48H34N2S/c1-6-18-35(19-7-1)47-44-31-30-40(49(36-20-8-2-9-21-36)37-22-10-3-11-23-37)34-46(44)51-48(47)43-32-33-45(42-29-17-16-28-41(42)43)50(38-24-12-4-13-25-38)39-26-14-5-15-27-39/h1-34H. The van der Waals surface area contributed by atoms with E-state index < -0.39 is 0 Å². The molecule has 0 saturated heterocycles. The first-order valence-electron chi connectivity index (χ1n) is 17.3. The van der Waals surface area contributed by atoms with Gasteiger partial charge in [-0.25, -0.2) is 0 Å². The van der Waals surface area contributed by atoms with Gasteiger partial charge in [-0.1, -0.05) is 140 Å². The van der Waals surface area contributed by atoms with Crippen molar-refractivity contribution in [3.05, 3.63) is 206 Å². The van der Waals surface area contributed by atoms with Gasteiger partial charge in [-0.15, -0.1) is 11.3 Å². The first kappa shape index (κ1) is 30.6. The van der Waals surface area contributed by atoms with Crippen molar-refractivity contribution < 1.29 is 0 Å². The second-order valence-electron chi connectivity index (χ2n) is 12.5. The molecule has 0 radical (unpaired) electrons. The Morgan fingerprint density at radius 1 is 0.333 bits per heavy atom. The number of nitrogens with zero attached hydrogens (tertiary/aromatic N) is 2. The number of rotatable bonds is 8. The highest BCUT2D eigenvalue weighted by atomic mass is 32.1. The summed E-state index contributed by atoms with van der Waals surface area (Å²) in [6.07, 6.45) is 0. The quantitative estimate of drug-likeness (QED) is 0.159. The van der Waals surface area contributed by atoms with Crippen LogP contribution in [0.5, 0.6) is 0 Å². The molecule has 2 nitrogen and oxygen atoms in total. The number of hydrogen-bond acceptors (Lipinski definition) is 3. The van der Waals surface area contributed by atoms with Crippen LogP contribution in [0.2, 0.25) is 0 Å². The molecule has 0 atom stereocenters. The first-order chi connectivity index (χ1) is 25.3. The predicted molar refractivity (Wildman–Crippen MR) is 220 cm³/mol. The smallest absolute Gasteiger partial charge is 0.0540 e. The summed E-state index contributed by atoms with van der Waals surface area (Å²) in [7, 11) is 0. The molecule has 0 aliphatic rings. The monoisotopic (exact) mass is 670 g/mol. The summed E-state index contributed by atoms with van der Waals surface area (Å²) >= 11 is 1.88. The Balaban J connectivity index is 1.26. The van der Waals surface area contributed by atoms with Gasteiger partial charge in [0.25, 0.3) is 0 Å². The van der Waals surface area contributed by atoms with Crippen molar-refractivity contribution in [2.24, 2.45) is 0 Å². The van der Waals surface area contributed by atoms with Crippen LogP contribution in [0.15, 0.2) is 206 Å². The molecule has 0 aliphatic heterocycles. The number of anilines is 6. The summed E-state index contributed by atoms with van der Waals surface area (Å²) < 4.78 is 1.25. The highest BCUT2D eigenvalue weighted by Gasteiger charge is 2.22. The Morgan fingerprint density at radius 3 is 1.35 bits per heavy atom. The Hall–Kier alpha value is -6.42. The fraction of sp³-hybridized carbons (Fsp3) is 0. The minimum Gasteiger partial charge on any atom is -0.310 e. The van der Waals surface area contributed by atoms with Gasteiger partial charge in [-0.2, -0.15) is 0 Å². The van der Waals surface area contributed by atoms with Crippen LogP contribution in [0.4, 0.5) is 34.1 Å². The molecule has 9 aromatic rings. The van der Waals surface area contributed by atoms with Gasteiger partial charge in [0.1, 0.15) is 0 Å². The molecular formula is C48H34N2S. The fourth-order valence-corrected chi connectivity index (χ4v) is 8.46. The SMILES string of the molecule is c1ccc(-c2c(-c3ccc(N(c4ccccc4)c4ccccc4)c4ccccc34)sc3cc(N(c4ccccc4)c4ccccc4)ccc23)cc1. The average molecular weight is 671 g/mol. The van der Waals surface area contributed by atoms with E-state index in [0.717, 1.165) is 34.1 Å². The van der Waals surface area contributed by atoms with Gasteiger partial charge in [-0.05, 0) is 77.7 Å². The van der Waals surface area contributed by atoms with Gasteiger partial charge >= 0.3 is 0 Å². The van der Waals surface area contributed by atoms with Crippen LogP contribution < -0.4 is 9.80 Å². The topological polar surface area (TPSA) is 6.48 Å². The van der Waals surface area contributed by atoms with Gasteiger partial charge in [-0.3, -0.25) is 0 Å². The molecule has 0 N–H and O–H groups in total. The van der Waals surface area contributed by atoms with Crippen LogP contribution >= 0.6 is 11.3 Å². The van der Waals surface area contributed by atoms with Crippen molar-refractivity contribution in [1.82, 2.24) is 0 Å². The Bertz CT molecular complexity index is 2490. The van der Waals surface area contributed by atoms with Crippen LogP contribution in [0, 0.1) is 0 Å². The zero-order valence-corrected chi connectivity index (χ0v) is 28.7. The molecule has 1 aromatic heterocycles. The molecule has 0 saturated carbocycles. The Morgan fingerprint density at radius 2 is 0.804 bits per heavy atom. The minimum absolute atomic E-state index is 1.13. The molecule has 0 aliphatic carbocycles. The number of hydrogen-bond donors (Lipinski definition) is 0. The summed E-state index contributed by atoms with van der Waals surface area (Å²) in [6, 6.07) is 73.8. The van der Waals surface area contributed by atoms with Crippen molar-refractivity contribution in [3.63, 3.8) is 0 Å². The van der Waals surface area contributed by atoms with E-state index in [1.54, 1.807) is 0 Å². The molecule has 9 rings (SSSR count). The summed E-state index contributed by atoms with van der Waals surface area (Å²) in [4.78, 5) is 5.98. The van der Waals surface area contributed by atoms with E-state index >= 15 is 0 Å². The third-order valence-electron chi connectivity index (χ3n) is 9.44. The molecule has 51 heavy (non-hydrogen) atoms. The predicted octanol–water partition coefficient (Wildman–Crippen LogP) is 14.3. The van der Waals surface area contributed by atoms with Crippen LogP contribution in [-0.2, 0) is 0 Å². The summed E-state index contributed by atoms with van der Waals surface area (Å²) in [5.74, 6) is 0. The van der Waals surface area contributed by atoms with Gasteiger partial charge in [0, 0.05) is 59.9 Å². The van der Waals surface area contributed by atoms with E-state index in [4.69, 9.17) is 0 Å². The molecule has 3 heteroatoms. The highest BCUT2D eigenvalue weighted by Crippen LogP contribution is 2.50. The number of benzene rings is 8. The second-order valence-corrected chi connectivity index (χ2v) is 13.6. The molecule has 1 heterocycles. The van der Waals surface area contributed by atoms with Gasteiger partial charge in [0.05, 0.1) is 5.69 Å². The number of fused-ring (bicyclic) bond motifs is 2. The molecule has 0 unspecified atom stereocenters. The average Bonchev–Trinajstić information content (AvgIpc) is 3.59. The fourth-order valence-electron chi connectivity index (χ4n) is 7.16. The lowest BCUT2D eigenvalue weighted by atomic mass is 9.94. The normalized spacial score (nSPS) is 11.1. The summed E-state index contributed by atoms with van der Waals surface area (Å²) in [5, 5.41) is 3.69. The lowest BCUT2D eigenvalue weighted by molar-refractivity contribution is 1.29. The molecule has 242 valence electrons. The zero-order chi connectivity index (χ0) is 34.0. The third kappa shape index (κ3) is 5.74. The maximum absolute atomic E-state index is 2.36. The van der Waals surface area contributed by atoms with E-state index in [2.05, 4.69) is 216 Å².